The smallest absolute Gasteiger partial charge is 0.257 e. The van der Waals surface area contributed by atoms with Crippen molar-refractivity contribution in [1.29, 1.82) is 0 Å². The van der Waals surface area contributed by atoms with Crippen molar-refractivity contribution in [3.8, 4) is 5.95 Å². The fourth-order valence-corrected chi connectivity index (χ4v) is 2.49. The van der Waals surface area contributed by atoms with Crippen LogP contribution in [0.4, 0.5) is 11.9 Å². The molecule has 7 nitrogen and oxygen atoms in total. The first-order valence-corrected chi connectivity index (χ1v) is 7.62. The molecule has 1 aliphatic rings. The molecule has 0 unspecified atom stereocenters. The fourth-order valence-electron chi connectivity index (χ4n) is 2.49. The van der Waals surface area contributed by atoms with Crippen molar-refractivity contribution < 1.29 is 0 Å². The van der Waals surface area contributed by atoms with Crippen LogP contribution in [-0.4, -0.2) is 44.4 Å². The van der Waals surface area contributed by atoms with E-state index >= 15 is 0 Å². The van der Waals surface area contributed by atoms with Crippen molar-refractivity contribution >= 4 is 11.9 Å². The van der Waals surface area contributed by atoms with E-state index < -0.39 is 0 Å². The summed E-state index contributed by atoms with van der Waals surface area (Å²) in [6.07, 6.45) is 8.53. The lowest BCUT2D eigenvalue weighted by Gasteiger charge is -2.21. The molecule has 0 radical (unpaired) electrons. The Bertz CT molecular complexity index is 559. The molecular formula is C14H21N7. The maximum atomic E-state index is 4.59. The average molecular weight is 287 g/mol. The standard InChI is InChI=1S/C14H21N7/c1-2-15-12-17-13(20-9-5-3-4-6-10-20)19-14(18-12)21-11-7-8-16-21/h7-8,11H,2-6,9-10H2,1H3,(H,15,17,18,19). The molecule has 21 heavy (non-hydrogen) atoms. The second kappa shape index (κ2) is 6.51. The van der Waals surface area contributed by atoms with Crippen molar-refractivity contribution in [3.05, 3.63) is 18.5 Å². The zero-order valence-corrected chi connectivity index (χ0v) is 12.4. The average Bonchev–Trinajstić information content (AvgIpc) is 2.90. The van der Waals surface area contributed by atoms with E-state index in [4.69, 9.17) is 0 Å². The summed E-state index contributed by atoms with van der Waals surface area (Å²) in [5.41, 5.74) is 0. The molecular weight excluding hydrogens is 266 g/mol. The van der Waals surface area contributed by atoms with Gasteiger partial charge in [0.2, 0.25) is 11.9 Å². The van der Waals surface area contributed by atoms with Gasteiger partial charge in [-0.15, -0.1) is 0 Å². The molecule has 0 spiro atoms. The predicted octanol–water partition coefficient (Wildman–Crippen LogP) is 1.87. The number of rotatable bonds is 4. The van der Waals surface area contributed by atoms with Crippen molar-refractivity contribution in [2.24, 2.45) is 0 Å². The lowest BCUT2D eigenvalue weighted by molar-refractivity contribution is 0.726. The van der Waals surface area contributed by atoms with Crippen LogP contribution in [0, 0.1) is 0 Å². The van der Waals surface area contributed by atoms with Crippen LogP contribution < -0.4 is 10.2 Å². The van der Waals surface area contributed by atoms with Crippen LogP contribution in [-0.2, 0) is 0 Å². The number of hydrogen-bond acceptors (Lipinski definition) is 6. The molecule has 0 atom stereocenters. The number of hydrogen-bond donors (Lipinski definition) is 1. The molecule has 0 saturated carbocycles. The summed E-state index contributed by atoms with van der Waals surface area (Å²) in [6.45, 7) is 4.83. The van der Waals surface area contributed by atoms with E-state index in [1.165, 1.54) is 25.7 Å². The minimum atomic E-state index is 0.560. The van der Waals surface area contributed by atoms with Gasteiger partial charge in [-0.1, -0.05) is 12.8 Å². The van der Waals surface area contributed by atoms with E-state index in [0.717, 1.165) is 25.6 Å². The third-order valence-electron chi connectivity index (χ3n) is 3.54. The molecule has 2 aromatic rings. The van der Waals surface area contributed by atoms with E-state index in [1.54, 1.807) is 10.9 Å². The van der Waals surface area contributed by atoms with Gasteiger partial charge >= 0.3 is 0 Å². The predicted molar refractivity (Wildman–Crippen MR) is 81.8 cm³/mol. The van der Waals surface area contributed by atoms with Gasteiger partial charge in [0.25, 0.3) is 5.95 Å². The zero-order valence-electron chi connectivity index (χ0n) is 12.4. The summed E-state index contributed by atoms with van der Waals surface area (Å²) in [5, 5.41) is 7.39. The van der Waals surface area contributed by atoms with Crippen LogP contribution >= 0.6 is 0 Å². The molecule has 1 fully saturated rings. The summed E-state index contributed by atoms with van der Waals surface area (Å²) in [5.74, 6) is 1.91. The van der Waals surface area contributed by atoms with E-state index in [2.05, 4.69) is 30.3 Å². The summed E-state index contributed by atoms with van der Waals surface area (Å²) in [7, 11) is 0. The highest BCUT2D eigenvalue weighted by atomic mass is 15.4. The number of nitrogens with one attached hydrogen (secondary N) is 1. The second-order valence-electron chi connectivity index (χ2n) is 5.14. The second-order valence-corrected chi connectivity index (χ2v) is 5.14. The van der Waals surface area contributed by atoms with Crippen LogP contribution in [0.2, 0.25) is 0 Å². The first-order chi connectivity index (χ1) is 10.4. The van der Waals surface area contributed by atoms with Gasteiger partial charge in [-0.3, -0.25) is 0 Å². The summed E-state index contributed by atoms with van der Waals surface area (Å²) >= 11 is 0. The van der Waals surface area contributed by atoms with Gasteiger partial charge in [-0.05, 0) is 25.8 Å². The highest BCUT2D eigenvalue weighted by Gasteiger charge is 2.16. The van der Waals surface area contributed by atoms with Crippen molar-refractivity contribution in [2.75, 3.05) is 29.9 Å². The van der Waals surface area contributed by atoms with Gasteiger partial charge in [0.15, 0.2) is 0 Å². The van der Waals surface area contributed by atoms with Gasteiger partial charge in [0.05, 0.1) is 0 Å². The van der Waals surface area contributed by atoms with Gasteiger partial charge in [0.1, 0.15) is 0 Å². The van der Waals surface area contributed by atoms with E-state index in [-0.39, 0.29) is 0 Å². The highest BCUT2D eigenvalue weighted by molar-refractivity contribution is 5.40. The topological polar surface area (TPSA) is 71.8 Å². The maximum absolute atomic E-state index is 4.59. The van der Waals surface area contributed by atoms with Crippen molar-refractivity contribution in [1.82, 2.24) is 24.7 Å². The molecule has 0 aliphatic carbocycles. The number of anilines is 2. The molecule has 3 rings (SSSR count). The van der Waals surface area contributed by atoms with Crippen molar-refractivity contribution in [2.45, 2.75) is 32.6 Å². The Hall–Kier alpha value is -2.18. The third kappa shape index (κ3) is 3.29. The van der Waals surface area contributed by atoms with Crippen molar-refractivity contribution in [3.63, 3.8) is 0 Å². The summed E-state index contributed by atoms with van der Waals surface area (Å²) < 4.78 is 1.67. The maximum Gasteiger partial charge on any atom is 0.257 e. The largest absolute Gasteiger partial charge is 0.354 e. The molecule has 112 valence electrons. The Morgan fingerprint density at radius 2 is 1.81 bits per heavy atom. The molecule has 1 aliphatic heterocycles. The molecule has 0 aromatic carbocycles. The lowest BCUT2D eigenvalue weighted by atomic mass is 10.2. The first kappa shape index (κ1) is 13.8. The van der Waals surface area contributed by atoms with E-state index in [1.807, 2.05) is 19.2 Å². The Morgan fingerprint density at radius 1 is 1.05 bits per heavy atom. The van der Waals surface area contributed by atoms with Crippen LogP contribution in [0.5, 0.6) is 0 Å². The summed E-state index contributed by atoms with van der Waals surface area (Å²) in [4.78, 5) is 15.8. The van der Waals surface area contributed by atoms with Gasteiger partial charge in [0, 0.05) is 32.0 Å². The normalized spacial score (nSPS) is 15.8. The lowest BCUT2D eigenvalue weighted by Crippen LogP contribution is -2.27. The van der Waals surface area contributed by atoms with Crippen LogP contribution in [0.3, 0.4) is 0 Å². The molecule has 0 bridgehead atoms. The Balaban J connectivity index is 1.94. The van der Waals surface area contributed by atoms with Crippen LogP contribution in [0.15, 0.2) is 18.5 Å². The Morgan fingerprint density at radius 3 is 2.48 bits per heavy atom. The number of nitrogens with zero attached hydrogens (tertiary/aromatic N) is 6. The Labute approximate surface area is 124 Å². The third-order valence-corrected chi connectivity index (χ3v) is 3.54. The minimum absolute atomic E-state index is 0.560. The van der Waals surface area contributed by atoms with Gasteiger partial charge in [-0.2, -0.15) is 20.1 Å². The molecule has 1 saturated heterocycles. The molecule has 2 aromatic heterocycles. The van der Waals surface area contributed by atoms with E-state index in [9.17, 15) is 0 Å². The molecule has 7 heteroatoms. The Kier molecular flexibility index (Phi) is 4.28. The molecule has 3 heterocycles. The monoisotopic (exact) mass is 287 g/mol. The van der Waals surface area contributed by atoms with E-state index in [0.29, 0.717) is 11.9 Å². The molecule has 0 amide bonds. The van der Waals surface area contributed by atoms with Gasteiger partial charge in [-0.25, -0.2) is 4.68 Å². The minimum Gasteiger partial charge on any atom is -0.354 e. The number of aromatic nitrogens is 5. The van der Waals surface area contributed by atoms with Crippen LogP contribution in [0.25, 0.3) is 5.95 Å². The quantitative estimate of drug-likeness (QED) is 0.925. The van der Waals surface area contributed by atoms with Crippen LogP contribution in [0.1, 0.15) is 32.6 Å². The first-order valence-electron chi connectivity index (χ1n) is 7.62. The molecule has 1 N–H and O–H groups in total. The summed E-state index contributed by atoms with van der Waals surface area (Å²) in [6, 6.07) is 1.86. The highest BCUT2D eigenvalue weighted by Crippen LogP contribution is 2.17. The fraction of sp³-hybridized carbons (Fsp3) is 0.571. The zero-order chi connectivity index (χ0) is 14.5. The van der Waals surface area contributed by atoms with Gasteiger partial charge < -0.3 is 10.2 Å². The SMILES string of the molecule is CCNc1nc(N2CCCCCC2)nc(-n2cccn2)n1.